The Bertz CT molecular complexity index is 445. The summed E-state index contributed by atoms with van der Waals surface area (Å²) >= 11 is 5.83. The predicted octanol–water partition coefficient (Wildman–Crippen LogP) is 3.42. The second kappa shape index (κ2) is 5.15. The lowest BCUT2D eigenvalue weighted by Gasteiger charge is -2.03. The molecule has 0 saturated heterocycles. The van der Waals surface area contributed by atoms with Crippen LogP contribution in [-0.4, -0.2) is 5.11 Å². The standard InChI is InChI=1S/C14H13ClO/c15-14-7-5-12(6-8-14)9-11-1-3-13(10-16)4-2-11/h1-8,16H,9-10H2. The van der Waals surface area contributed by atoms with Crippen LogP contribution in [0, 0.1) is 0 Å². The van der Waals surface area contributed by atoms with E-state index < -0.39 is 0 Å². The first-order valence-corrected chi connectivity index (χ1v) is 5.59. The van der Waals surface area contributed by atoms with Crippen molar-refractivity contribution in [3.8, 4) is 0 Å². The average Bonchev–Trinajstić information content (AvgIpc) is 2.33. The summed E-state index contributed by atoms with van der Waals surface area (Å²) in [5, 5.41) is 9.70. The van der Waals surface area contributed by atoms with Crippen molar-refractivity contribution in [1.82, 2.24) is 0 Å². The quantitative estimate of drug-likeness (QED) is 0.860. The minimum Gasteiger partial charge on any atom is -0.392 e. The molecule has 0 amide bonds. The molecule has 0 unspecified atom stereocenters. The van der Waals surface area contributed by atoms with E-state index in [1.165, 1.54) is 11.1 Å². The Kier molecular flexibility index (Phi) is 3.60. The molecule has 1 nitrogen and oxygen atoms in total. The van der Waals surface area contributed by atoms with E-state index in [2.05, 4.69) is 0 Å². The molecule has 0 aliphatic carbocycles. The first-order valence-electron chi connectivity index (χ1n) is 5.21. The van der Waals surface area contributed by atoms with Crippen LogP contribution >= 0.6 is 11.6 Å². The third-order valence-electron chi connectivity index (χ3n) is 2.53. The topological polar surface area (TPSA) is 20.2 Å². The van der Waals surface area contributed by atoms with Crippen LogP contribution in [0.4, 0.5) is 0 Å². The fourth-order valence-corrected chi connectivity index (χ4v) is 1.73. The van der Waals surface area contributed by atoms with E-state index in [-0.39, 0.29) is 6.61 Å². The summed E-state index contributed by atoms with van der Waals surface area (Å²) in [6.07, 6.45) is 0.892. The van der Waals surface area contributed by atoms with Crippen molar-refractivity contribution in [3.63, 3.8) is 0 Å². The SMILES string of the molecule is OCc1ccc(Cc2ccc(Cl)cc2)cc1. The zero-order valence-electron chi connectivity index (χ0n) is 8.86. The van der Waals surface area contributed by atoms with Crippen LogP contribution in [0.15, 0.2) is 48.5 Å². The van der Waals surface area contributed by atoms with E-state index in [0.29, 0.717) is 0 Å². The van der Waals surface area contributed by atoms with E-state index in [1.54, 1.807) is 0 Å². The van der Waals surface area contributed by atoms with Gasteiger partial charge in [-0.1, -0.05) is 48.0 Å². The monoisotopic (exact) mass is 232 g/mol. The Hall–Kier alpha value is -1.31. The van der Waals surface area contributed by atoms with Gasteiger partial charge in [-0.3, -0.25) is 0 Å². The van der Waals surface area contributed by atoms with Gasteiger partial charge in [-0.2, -0.15) is 0 Å². The fraction of sp³-hybridized carbons (Fsp3) is 0.143. The maximum absolute atomic E-state index is 8.93. The highest BCUT2D eigenvalue weighted by Crippen LogP contribution is 2.14. The van der Waals surface area contributed by atoms with Crippen LogP contribution in [0.1, 0.15) is 16.7 Å². The Balaban J connectivity index is 2.11. The first-order chi connectivity index (χ1) is 7.78. The zero-order valence-corrected chi connectivity index (χ0v) is 9.61. The van der Waals surface area contributed by atoms with E-state index >= 15 is 0 Å². The van der Waals surface area contributed by atoms with Crippen molar-refractivity contribution < 1.29 is 5.11 Å². The zero-order chi connectivity index (χ0) is 11.4. The minimum atomic E-state index is 0.0984. The van der Waals surface area contributed by atoms with Gasteiger partial charge < -0.3 is 5.11 Å². The molecule has 2 rings (SSSR count). The van der Waals surface area contributed by atoms with E-state index in [0.717, 1.165) is 17.0 Å². The fourth-order valence-electron chi connectivity index (χ4n) is 1.60. The Labute approximate surface area is 100 Å². The smallest absolute Gasteiger partial charge is 0.0681 e. The lowest BCUT2D eigenvalue weighted by molar-refractivity contribution is 0.282. The maximum atomic E-state index is 8.93. The van der Waals surface area contributed by atoms with Crippen LogP contribution in [-0.2, 0) is 13.0 Å². The molecule has 0 saturated carbocycles. The highest BCUT2D eigenvalue weighted by molar-refractivity contribution is 6.30. The number of hydrogen-bond acceptors (Lipinski definition) is 1. The Morgan fingerprint density at radius 1 is 0.750 bits per heavy atom. The number of halogens is 1. The summed E-state index contributed by atoms with van der Waals surface area (Å²) < 4.78 is 0. The van der Waals surface area contributed by atoms with Gasteiger partial charge in [0.2, 0.25) is 0 Å². The molecule has 1 N–H and O–H groups in total. The van der Waals surface area contributed by atoms with Crippen LogP contribution in [0.25, 0.3) is 0 Å². The molecular weight excluding hydrogens is 220 g/mol. The van der Waals surface area contributed by atoms with Crippen molar-refractivity contribution in [1.29, 1.82) is 0 Å². The molecule has 0 atom stereocenters. The van der Waals surface area contributed by atoms with Gasteiger partial charge in [0.05, 0.1) is 6.61 Å². The van der Waals surface area contributed by atoms with Crippen molar-refractivity contribution >= 4 is 11.6 Å². The molecule has 0 spiro atoms. The molecule has 0 heterocycles. The summed E-state index contributed by atoms with van der Waals surface area (Å²) in [6, 6.07) is 15.8. The highest BCUT2D eigenvalue weighted by atomic mass is 35.5. The summed E-state index contributed by atoms with van der Waals surface area (Å²) in [7, 11) is 0. The Morgan fingerprint density at radius 2 is 1.19 bits per heavy atom. The van der Waals surface area contributed by atoms with Crippen molar-refractivity contribution in [2.75, 3.05) is 0 Å². The maximum Gasteiger partial charge on any atom is 0.0681 e. The molecule has 2 aromatic rings. The van der Waals surface area contributed by atoms with E-state index in [1.807, 2.05) is 48.5 Å². The number of aliphatic hydroxyl groups excluding tert-OH is 1. The van der Waals surface area contributed by atoms with Gasteiger partial charge in [0, 0.05) is 5.02 Å². The molecule has 0 aromatic heterocycles. The van der Waals surface area contributed by atoms with Gasteiger partial charge >= 0.3 is 0 Å². The molecule has 82 valence electrons. The molecule has 0 bridgehead atoms. The Morgan fingerprint density at radius 3 is 1.69 bits per heavy atom. The van der Waals surface area contributed by atoms with Gasteiger partial charge in [0.15, 0.2) is 0 Å². The summed E-state index contributed by atoms with van der Waals surface area (Å²) in [5.41, 5.74) is 3.42. The molecular formula is C14H13ClO. The van der Waals surface area contributed by atoms with Gasteiger partial charge in [-0.05, 0) is 35.2 Å². The number of benzene rings is 2. The molecule has 2 aromatic carbocycles. The third-order valence-corrected chi connectivity index (χ3v) is 2.78. The van der Waals surface area contributed by atoms with Crippen molar-refractivity contribution in [2.24, 2.45) is 0 Å². The highest BCUT2D eigenvalue weighted by Gasteiger charge is 1.97. The molecule has 0 aliphatic heterocycles. The molecule has 0 aliphatic rings. The number of rotatable bonds is 3. The number of aliphatic hydroxyl groups is 1. The van der Waals surface area contributed by atoms with Crippen LogP contribution in [0.5, 0.6) is 0 Å². The second-order valence-electron chi connectivity index (χ2n) is 3.78. The lowest BCUT2D eigenvalue weighted by Crippen LogP contribution is -1.89. The summed E-state index contributed by atoms with van der Waals surface area (Å²) in [6.45, 7) is 0.0984. The van der Waals surface area contributed by atoms with Crippen LogP contribution in [0.3, 0.4) is 0 Å². The summed E-state index contributed by atoms with van der Waals surface area (Å²) in [4.78, 5) is 0. The molecule has 2 heteroatoms. The molecule has 16 heavy (non-hydrogen) atoms. The first kappa shape index (κ1) is 11.2. The van der Waals surface area contributed by atoms with E-state index in [9.17, 15) is 0 Å². The van der Waals surface area contributed by atoms with Gasteiger partial charge in [0.1, 0.15) is 0 Å². The van der Waals surface area contributed by atoms with Gasteiger partial charge in [0.25, 0.3) is 0 Å². The van der Waals surface area contributed by atoms with Crippen molar-refractivity contribution in [2.45, 2.75) is 13.0 Å². The largest absolute Gasteiger partial charge is 0.392 e. The van der Waals surface area contributed by atoms with Crippen molar-refractivity contribution in [3.05, 3.63) is 70.2 Å². The average molecular weight is 233 g/mol. The minimum absolute atomic E-state index is 0.0984. The van der Waals surface area contributed by atoms with Crippen LogP contribution in [0.2, 0.25) is 5.02 Å². The van der Waals surface area contributed by atoms with Gasteiger partial charge in [-0.25, -0.2) is 0 Å². The van der Waals surface area contributed by atoms with Crippen LogP contribution < -0.4 is 0 Å². The summed E-state index contributed by atoms with van der Waals surface area (Å²) in [5.74, 6) is 0. The number of hydrogen-bond donors (Lipinski definition) is 1. The van der Waals surface area contributed by atoms with Gasteiger partial charge in [-0.15, -0.1) is 0 Å². The molecule has 0 radical (unpaired) electrons. The lowest BCUT2D eigenvalue weighted by atomic mass is 10.0. The third kappa shape index (κ3) is 2.84. The predicted molar refractivity (Wildman–Crippen MR) is 66.6 cm³/mol. The van der Waals surface area contributed by atoms with E-state index in [4.69, 9.17) is 16.7 Å². The molecule has 0 fully saturated rings. The normalized spacial score (nSPS) is 10.4. The second-order valence-corrected chi connectivity index (χ2v) is 4.21.